The molecule has 3 N–H and O–H groups in total. The molecule has 0 aromatic heterocycles. The van der Waals surface area contributed by atoms with Crippen molar-refractivity contribution in [2.45, 2.75) is 32.7 Å². The van der Waals surface area contributed by atoms with Gasteiger partial charge in [-0.25, -0.2) is 9.59 Å². The van der Waals surface area contributed by atoms with Crippen LogP contribution in [-0.4, -0.2) is 29.8 Å². The highest BCUT2D eigenvalue weighted by molar-refractivity contribution is 5.93. The first kappa shape index (κ1) is 15.8. The van der Waals surface area contributed by atoms with E-state index in [-0.39, 0.29) is 0 Å². The average molecular weight is 280 g/mol. The fraction of sp³-hybridized carbons (Fsp3) is 0.429. The highest BCUT2D eigenvalue weighted by Gasteiger charge is 2.19. The molecule has 0 aliphatic heterocycles. The minimum Gasteiger partial charge on any atom is -0.492 e. The molecule has 0 saturated heterocycles. The Kier molecular flexibility index (Phi) is 6.36. The molecule has 0 saturated carbocycles. The van der Waals surface area contributed by atoms with Crippen LogP contribution in [-0.2, 0) is 4.79 Å². The molecule has 20 heavy (non-hydrogen) atoms. The van der Waals surface area contributed by atoms with Crippen molar-refractivity contribution in [3.8, 4) is 5.75 Å². The molecule has 6 nitrogen and oxygen atoms in total. The highest BCUT2D eigenvalue weighted by atomic mass is 16.5. The predicted molar refractivity (Wildman–Crippen MR) is 76.1 cm³/mol. The zero-order chi connectivity index (χ0) is 15.0. The second-order valence-electron chi connectivity index (χ2n) is 4.21. The van der Waals surface area contributed by atoms with Gasteiger partial charge in [-0.15, -0.1) is 0 Å². The fourth-order valence-electron chi connectivity index (χ4n) is 1.71. The Labute approximate surface area is 118 Å². The Morgan fingerprint density at radius 3 is 2.60 bits per heavy atom. The molecule has 6 heteroatoms. The van der Waals surface area contributed by atoms with Gasteiger partial charge in [-0.1, -0.05) is 25.5 Å². The maximum atomic E-state index is 11.8. The number of carbonyl (C=O) groups is 2. The third kappa shape index (κ3) is 4.79. The number of carboxylic acid groups (broad SMARTS) is 1. The van der Waals surface area contributed by atoms with Gasteiger partial charge in [-0.2, -0.15) is 0 Å². The number of para-hydroxylation sites is 2. The summed E-state index contributed by atoms with van der Waals surface area (Å²) >= 11 is 0. The highest BCUT2D eigenvalue weighted by Crippen LogP contribution is 2.23. The Bertz CT molecular complexity index is 462. The second-order valence-corrected chi connectivity index (χ2v) is 4.21. The minimum absolute atomic E-state index is 0.385. The number of urea groups is 1. The quantitative estimate of drug-likeness (QED) is 0.716. The summed E-state index contributed by atoms with van der Waals surface area (Å²) in [4.78, 5) is 22.8. The standard InChI is InChI=1S/C14H20N2O4/c1-3-7-11(13(17)18)16-14(19)15-10-8-5-6-9-12(10)20-4-2/h5-6,8-9,11H,3-4,7H2,1-2H3,(H,17,18)(H2,15,16,19)/t11-/m0/s1. The van der Waals surface area contributed by atoms with Gasteiger partial charge < -0.3 is 20.5 Å². The van der Waals surface area contributed by atoms with Gasteiger partial charge in [0.15, 0.2) is 0 Å². The number of anilines is 1. The van der Waals surface area contributed by atoms with E-state index in [0.29, 0.717) is 30.9 Å². The van der Waals surface area contributed by atoms with Crippen molar-refractivity contribution in [1.29, 1.82) is 0 Å². The predicted octanol–water partition coefficient (Wildman–Crippen LogP) is 2.46. The lowest BCUT2D eigenvalue weighted by Gasteiger charge is -2.15. The summed E-state index contributed by atoms with van der Waals surface area (Å²) in [6, 6.07) is 5.54. The van der Waals surface area contributed by atoms with Crippen LogP contribution in [0.3, 0.4) is 0 Å². The molecule has 0 aliphatic carbocycles. The van der Waals surface area contributed by atoms with Crippen LogP contribution in [0.5, 0.6) is 5.75 Å². The van der Waals surface area contributed by atoms with Crippen molar-refractivity contribution in [2.75, 3.05) is 11.9 Å². The molecule has 0 bridgehead atoms. The largest absolute Gasteiger partial charge is 0.492 e. The van der Waals surface area contributed by atoms with Crippen LogP contribution in [0.25, 0.3) is 0 Å². The molecule has 0 radical (unpaired) electrons. The van der Waals surface area contributed by atoms with Crippen LogP contribution in [0.15, 0.2) is 24.3 Å². The first-order valence-corrected chi connectivity index (χ1v) is 6.60. The summed E-state index contributed by atoms with van der Waals surface area (Å²) < 4.78 is 5.38. The van der Waals surface area contributed by atoms with E-state index in [1.807, 2.05) is 13.8 Å². The van der Waals surface area contributed by atoms with Crippen molar-refractivity contribution < 1.29 is 19.4 Å². The topological polar surface area (TPSA) is 87.7 Å². The molecule has 0 heterocycles. The maximum Gasteiger partial charge on any atom is 0.326 e. The summed E-state index contributed by atoms with van der Waals surface area (Å²) in [6.07, 6.45) is 1.06. The molecule has 110 valence electrons. The molecular formula is C14H20N2O4. The number of carboxylic acids is 1. The van der Waals surface area contributed by atoms with Crippen LogP contribution in [0, 0.1) is 0 Å². The molecule has 1 rings (SSSR count). The lowest BCUT2D eigenvalue weighted by atomic mass is 10.2. The van der Waals surface area contributed by atoms with Crippen molar-refractivity contribution in [3.63, 3.8) is 0 Å². The summed E-state index contributed by atoms with van der Waals surface area (Å²) in [7, 11) is 0. The summed E-state index contributed by atoms with van der Waals surface area (Å²) in [5.74, 6) is -0.493. The molecule has 0 fully saturated rings. The van der Waals surface area contributed by atoms with Gasteiger partial charge in [0.05, 0.1) is 12.3 Å². The monoisotopic (exact) mass is 280 g/mol. The van der Waals surface area contributed by atoms with Gasteiger partial charge in [-0.05, 0) is 25.5 Å². The molecule has 0 unspecified atom stereocenters. The zero-order valence-electron chi connectivity index (χ0n) is 11.7. The number of amides is 2. The van der Waals surface area contributed by atoms with Crippen LogP contribution >= 0.6 is 0 Å². The van der Waals surface area contributed by atoms with E-state index in [2.05, 4.69) is 10.6 Å². The molecule has 0 spiro atoms. The first-order valence-electron chi connectivity index (χ1n) is 6.60. The van der Waals surface area contributed by atoms with E-state index in [1.165, 1.54) is 0 Å². The summed E-state index contributed by atoms with van der Waals surface area (Å²) in [5, 5.41) is 14.0. The zero-order valence-corrected chi connectivity index (χ0v) is 11.7. The maximum absolute atomic E-state index is 11.8. The molecule has 2 amide bonds. The van der Waals surface area contributed by atoms with Gasteiger partial charge in [0.25, 0.3) is 0 Å². The molecule has 1 aromatic carbocycles. The number of aliphatic carboxylic acids is 1. The van der Waals surface area contributed by atoms with Gasteiger partial charge in [-0.3, -0.25) is 0 Å². The lowest BCUT2D eigenvalue weighted by Crippen LogP contribution is -2.42. The number of ether oxygens (including phenoxy) is 1. The van der Waals surface area contributed by atoms with Gasteiger partial charge in [0.2, 0.25) is 0 Å². The molecule has 0 aliphatic rings. The average Bonchev–Trinajstić information content (AvgIpc) is 2.40. The van der Waals surface area contributed by atoms with Gasteiger partial charge in [0, 0.05) is 0 Å². The number of nitrogens with one attached hydrogen (secondary N) is 2. The molecule has 1 aromatic rings. The number of hydrogen-bond donors (Lipinski definition) is 3. The molecule has 1 atom stereocenters. The Balaban J connectivity index is 2.68. The van der Waals surface area contributed by atoms with Crippen LogP contribution < -0.4 is 15.4 Å². The summed E-state index contributed by atoms with van der Waals surface area (Å²) in [5.41, 5.74) is 0.507. The van der Waals surface area contributed by atoms with Gasteiger partial charge in [0.1, 0.15) is 11.8 Å². The molecular weight excluding hydrogens is 260 g/mol. The van der Waals surface area contributed by atoms with Crippen LogP contribution in [0.1, 0.15) is 26.7 Å². The fourth-order valence-corrected chi connectivity index (χ4v) is 1.71. The van der Waals surface area contributed by atoms with Crippen molar-refractivity contribution in [1.82, 2.24) is 5.32 Å². The van der Waals surface area contributed by atoms with Crippen molar-refractivity contribution in [3.05, 3.63) is 24.3 Å². The Hall–Kier alpha value is -2.24. The SMILES string of the molecule is CCC[C@H](NC(=O)Nc1ccccc1OCC)C(=O)O. The Morgan fingerprint density at radius 2 is 2.00 bits per heavy atom. The van der Waals surface area contributed by atoms with Crippen LogP contribution in [0.4, 0.5) is 10.5 Å². The number of hydrogen-bond acceptors (Lipinski definition) is 3. The third-order valence-electron chi connectivity index (χ3n) is 2.62. The minimum atomic E-state index is -1.04. The van der Waals surface area contributed by atoms with Crippen LogP contribution in [0.2, 0.25) is 0 Å². The number of benzene rings is 1. The smallest absolute Gasteiger partial charge is 0.326 e. The lowest BCUT2D eigenvalue weighted by molar-refractivity contribution is -0.139. The van der Waals surface area contributed by atoms with E-state index in [1.54, 1.807) is 24.3 Å². The van der Waals surface area contributed by atoms with E-state index < -0.39 is 18.0 Å². The number of rotatable bonds is 7. The van der Waals surface area contributed by atoms with E-state index >= 15 is 0 Å². The number of carbonyl (C=O) groups excluding carboxylic acids is 1. The van der Waals surface area contributed by atoms with Crippen molar-refractivity contribution in [2.24, 2.45) is 0 Å². The summed E-state index contributed by atoms with van der Waals surface area (Å²) in [6.45, 7) is 4.19. The van der Waals surface area contributed by atoms with E-state index in [9.17, 15) is 9.59 Å². The second kappa shape index (κ2) is 8.04. The van der Waals surface area contributed by atoms with Crippen molar-refractivity contribution >= 4 is 17.7 Å². The van der Waals surface area contributed by atoms with Gasteiger partial charge >= 0.3 is 12.0 Å². The normalized spacial score (nSPS) is 11.5. The first-order chi connectivity index (χ1) is 9.58. The Morgan fingerprint density at radius 1 is 1.30 bits per heavy atom. The van der Waals surface area contributed by atoms with E-state index in [0.717, 1.165) is 0 Å². The van der Waals surface area contributed by atoms with E-state index in [4.69, 9.17) is 9.84 Å². The third-order valence-corrected chi connectivity index (χ3v) is 2.62.